The van der Waals surface area contributed by atoms with Crippen molar-refractivity contribution < 1.29 is 4.79 Å². The van der Waals surface area contributed by atoms with Crippen LogP contribution in [0.2, 0.25) is 0 Å². The Morgan fingerprint density at radius 1 is 1.60 bits per heavy atom. The summed E-state index contributed by atoms with van der Waals surface area (Å²) < 4.78 is 0. The van der Waals surface area contributed by atoms with Gasteiger partial charge in [0.25, 0.3) is 0 Å². The first kappa shape index (κ1) is 12.8. The number of nitrogens with one attached hydrogen (secondary N) is 1. The molecule has 1 aliphatic heterocycles. The Morgan fingerprint density at radius 3 is 2.93 bits per heavy atom. The van der Waals surface area contributed by atoms with E-state index in [9.17, 15) is 4.79 Å². The minimum Gasteiger partial charge on any atom is -0.342 e. The fraction of sp³-hybridized carbons (Fsp3) is 0.909. The monoisotopic (exact) mass is 230 g/mol. The SMILES string of the molecule is CCN(CC1CCCNC1)C(=O)CSC. The van der Waals surface area contributed by atoms with Gasteiger partial charge >= 0.3 is 0 Å². The van der Waals surface area contributed by atoms with Gasteiger partial charge in [0.15, 0.2) is 0 Å². The summed E-state index contributed by atoms with van der Waals surface area (Å²) in [6.45, 7) is 6.05. The van der Waals surface area contributed by atoms with Gasteiger partial charge in [-0.05, 0) is 45.0 Å². The Balaban J connectivity index is 2.34. The normalized spacial score (nSPS) is 21.3. The largest absolute Gasteiger partial charge is 0.342 e. The summed E-state index contributed by atoms with van der Waals surface area (Å²) in [5.74, 6) is 1.56. The quantitative estimate of drug-likeness (QED) is 0.770. The van der Waals surface area contributed by atoms with Gasteiger partial charge in [0.05, 0.1) is 5.75 Å². The minimum absolute atomic E-state index is 0.288. The Hall–Kier alpha value is -0.220. The van der Waals surface area contributed by atoms with Crippen LogP contribution in [0.4, 0.5) is 0 Å². The zero-order chi connectivity index (χ0) is 11.1. The average molecular weight is 230 g/mol. The molecule has 1 amide bonds. The highest BCUT2D eigenvalue weighted by molar-refractivity contribution is 7.99. The van der Waals surface area contributed by atoms with Crippen molar-refractivity contribution in [2.24, 2.45) is 5.92 Å². The number of piperidine rings is 1. The van der Waals surface area contributed by atoms with Crippen LogP contribution < -0.4 is 5.32 Å². The topological polar surface area (TPSA) is 32.3 Å². The van der Waals surface area contributed by atoms with Gasteiger partial charge < -0.3 is 10.2 Å². The van der Waals surface area contributed by atoms with Crippen LogP contribution in [0.1, 0.15) is 19.8 Å². The fourth-order valence-corrected chi connectivity index (χ4v) is 2.44. The van der Waals surface area contributed by atoms with E-state index in [1.54, 1.807) is 11.8 Å². The van der Waals surface area contributed by atoms with Crippen molar-refractivity contribution >= 4 is 17.7 Å². The molecule has 0 aromatic heterocycles. The molecule has 1 saturated heterocycles. The molecule has 0 saturated carbocycles. The van der Waals surface area contributed by atoms with Crippen LogP contribution in [0, 0.1) is 5.92 Å². The lowest BCUT2D eigenvalue weighted by atomic mass is 9.99. The average Bonchev–Trinajstić information content (AvgIpc) is 2.27. The van der Waals surface area contributed by atoms with Crippen LogP contribution in [0.3, 0.4) is 0 Å². The van der Waals surface area contributed by atoms with Crippen molar-refractivity contribution in [3.05, 3.63) is 0 Å². The molecule has 1 fully saturated rings. The number of thioether (sulfide) groups is 1. The number of hydrogen-bond donors (Lipinski definition) is 1. The van der Waals surface area contributed by atoms with Gasteiger partial charge in [-0.1, -0.05) is 0 Å². The number of carbonyl (C=O) groups excluding carboxylic acids is 1. The van der Waals surface area contributed by atoms with Crippen LogP contribution in [-0.4, -0.2) is 49.0 Å². The highest BCUT2D eigenvalue weighted by Gasteiger charge is 2.18. The van der Waals surface area contributed by atoms with E-state index in [4.69, 9.17) is 0 Å². The summed E-state index contributed by atoms with van der Waals surface area (Å²) in [5.41, 5.74) is 0. The molecule has 1 unspecified atom stereocenters. The third-order valence-corrected chi connectivity index (χ3v) is 3.42. The summed E-state index contributed by atoms with van der Waals surface area (Å²) in [4.78, 5) is 13.7. The van der Waals surface area contributed by atoms with Crippen molar-refractivity contribution in [3.8, 4) is 0 Å². The Kier molecular flexibility index (Phi) is 6.10. The van der Waals surface area contributed by atoms with Gasteiger partial charge in [-0.15, -0.1) is 0 Å². The molecule has 0 bridgehead atoms. The molecule has 1 heterocycles. The number of rotatable bonds is 5. The van der Waals surface area contributed by atoms with Crippen LogP contribution in [0.25, 0.3) is 0 Å². The lowest BCUT2D eigenvalue weighted by molar-refractivity contribution is -0.128. The van der Waals surface area contributed by atoms with E-state index in [0.717, 1.165) is 26.2 Å². The molecule has 1 aliphatic rings. The van der Waals surface area contributed by atoms with Crippen LogP contribution in [0.5, 0.6) is 0 Å². The zero-order valence-corrected chi connectivity index (χ0v) is 10.6. The first-order chi connectivity index (χ1) is 7.27. The predicted molar refractivity (Wildman–Crippen MR) is 66.2 cm³/mol. The summed E-state index contributed by atoms with van der Waals surface area (Å²) in [6, 6.07) is 0. The highest BCUT2D eigenvalue weighted by atomic mass is 32.2. The summed E-state index contributed by atoms with van der Waals surface area (Å²) >= 11 is 1.61. The number of amides is 1. The van der Waals surface area contributed by atoms with Crippen molar-refractivity contribution in [1.82, 2.24) is 10.2 Å². The molecule has 0 spiro atoms. The second-order valence-corrected chi connectivity index (χ2v) is 4.94. The molecule has 1 rings (SSSR count). The van der Waals surface area contributed by atoms with Gasteiger partial charge in [0.1, 0.15) is 0 Å². The van der Waals surface area contributed by atoms with Gasteiger partial charge in [-0.2, -0.15) is 11.8 Å². The van der Waals surface area contributed by atoms with E-state index in [1.807, 2.05) is 11.2 Å². The third-order valence-electron chi connectivity index (χ3n) is 2.88. The van der Waals surface area contributed by atoms with E-state index in [1.165, 1.54) is 12.8 Å². The van der Waals surface area contributed by atoms with E-state index >= 15 is 0 Å². The van der Waals surface area contributed by atoms with Crippen molar-refractivity contribution in [3.63, 3.8) is 0 Å². The molecular weight excluding hydrogens is 208 g/mol. The second kappa shape index (κ2) is 7.12. The smallest absolute Gasteiger partial charge is 0.232 e. The highest BCUT2D eigenvalue weighted by Crippen LogP contribution is 2.12. The Bertz CT molecular complexity index is 193. The molecule has 0 aliphatic carbocycles. The standard InChI is InChI=1S/C11H22N2OS/c1-3-13(11(14)9-15-2)8-10-5-4-6-12-7-10/h10,12H,3-9H2,1-2H3. The second-order valence-electron chi connectivity index (χ2n) is 4.08. The van der Waals surface area contributed by atoms with Crippen LogP contribution in [-0.2, 0) is 4.79 Å². The van der Waals surface area contributed by atoms with Crippen LogP contribution >= 0.6 is 11.8 Å². The molecule has 88 valence electrons. The maximum Gasteiger partial charge on any atom is 0.232 e. The predicted octanol–water partition coefficient (Wildman–Crippen LogP) is 1.20. The Labute approximate surface area is 97.0 Å². The molecule has 1 atom stereocenters. The van der Waals surface area contributed by atoms with Gasteiger partial charge in [0.2, 0.25) is 5.91 Å². The minimum atomic E-state index is 0.288. The molecule has 0 aromatic carbocycles. The molecular formula is C11H22N2OS. The molecule has 1 N–H and O–H groups in total. The van der Waals surface area contributed by atoms with Crippen molar-refractivity contribution in [1.29, 1.82) is 0 Å². The third kappa shape index (κ3) is 4.43. The number of nitrogens with zero attached hydrogens (tertiary/aromatic N) is 1. The summed E-state index contributed by atoms with van der Waals surface area (Å²) in [7, 11) is 0. The molecule has 0 aromatic rings. The maximum absolute atomic E-state index is 11.7. The first-order valence-corrected chi connectivity index (χ1v) is 7.14. The van der Waals surface area contributed by atoms with E-state index in [-0.39, 0.29) is 5.91 Å². The molecule has 4 heteroatoms. The van der Waals surface area contributed by atoms with E-state index in [0.29, 0.717) is 11.7 Å². The summed E-state index contributed by atoms with van der Waals surface area (Å²) in [6.07, 6.45) is 4.49. The van der Waals surface area contributed by atoms with Crippen molar-refractivity contribution in [2.45, 2.75) is 19.8 Å². The number of hydrogen-bond acceptors (Lipinski definition) is 3. The van der Waals surface area contributed by atoms with Gasteiger partial charge in [-0.25, -0.2) is 0 Å². The molecule has 3 nitrogen and oxygen atoms in total. The molecule has 15 heavy (non-hydrogen) atoms. The maximum atomic E-state index is 11.7. The lowest BCUT2D eigenvalue weighted by Crippen LogP contribution is -2.41. The Morgan fingerprint density at radius 2 is 2.40 bits per heavy atom. The van der Waals surface area contributed by atoms with E-state index < -0.39 is 0 Å². The van der Waals surface area contributed by atoms with Gasteiger partial charge in [-0.3, -0.25) is 4.79 Å². The zero-order valence-electron chi connectivity index (χ0n) is 9.79. The van der Waals surface area contributed by atoms with Crippen molar-refractivity contribution in [2.75, 3.05) is 38.2 Å². The van der Waals surface area contributed by atoms with Gasteiger partial charge in [0, 0.05) is 13.1 Å². The summed E-state index contributed by atoms with van der Waals surface area (Å²) in [5, 5.41) is 3.39. The number of carbonyl (C=O) groups is 1. The lowest BCUT2D eigenvalue weighted by Gasteiger charge is -2.29. The molecule has 0 radical (unpaired) electrons. The van der Waals surface area contributed by atoms with Crippen LogP contribution in [0.15, 0.2) is 0 Å². The fourth-order valence-electron chi connectivity index (χ4n) is 2.01. The first-order valence-electron chi connectivity index (χ1n) is 5.75. The van der Waals surface area contributed by atoms with E-state index in [2.05, 4.69) is 12.2 Å².